The summed E-state index contributed by atoms with van der Waals surface area (Å²) in [4.78, 5) is 18.9. The first-order chi connectivity index (χ1) is 11.2. The largest absolute Gasteiger partial charge is 0.324 e. The lowest BCUT2D eigenvalue weighted by Crippen LogP contribution is -2.28. The zero-order chi connectivity index (χ0) is 15.8. The monoisotopic (exact) mass is 307 g/mol. The van der Waals surface area contributed by atoms with Crippen molar-refractivity contribution >= 4 is 23.1 Å². The second-order valence-electron chi connectivity index (χ2n) is 6.57. The molecule has 4 nitrogen and oxygen atoms in total. The molecule has 2 aromatic rings. The predicted molar refractivity (Wildman–Crippen MR) is 92.0 cm³/mol. The van der Waals surface area contributed by atoms with Crippen LogP contribution >= 0.6 is 0 Å². The van der Waals surface area contributed by atoms with E-state index in [1.54, 1.807) is 6.20 Å². The van der Waals surface area contributed by atoms with Crippen LogP contribution in [0.4, 0.5) is 17.2 Å². The minimum absolute atomic E-state index is 0.130. The van der Waals surface area contributed by atoms with Crippen molar-refractivity contribution in [1.82, 2.24) is 4.98 Å². The van der Waals surface area contributed by atoms with Gasteiger partial charge in [0, 0.05) is 17.6 Å². The summed E-state index contributed by atoms with van der Waals surface area (Å²) in [6.45, 7) is 2.22. The molecule has 1 aliphatic heterocycles. The summed E-state index contributed by atoms with van der Waals surface area (Å²) in [6, 6.07) is 12.8. The van der Waals surface area contributed by atoms with Crippen LogP contribution in [0, 0.1) is 5.92 Å². The first-order valence-electron chi connectivity index (χ1n) is 8.36. The maximum absolute atomic E-state index is 12.0. The fourth-order valence-electron chi connectivity index (χ4n) is 3.43. The molecule has 23 heavy (non-hydrogen) atoms. The predicted octanol–water partition coefficient (Wildman–Crippen LogP) is 3.90. The highest BCUT2D eigenvalue weighted by molar-refractivity contribution is 5.93. The Hall–Kier alpha value is -2.36. The van der Waals surface area contributed by atoms with E-state index in [2.05, 4.69) is 46.4 Å². The van der Waals surface area contributed by atoms with Gasteiger partial charge in [0.25, 0.3) is 0 Å². The van der Waals surface area contributed by atoms with Gasteiger partial charge >= 0.3 is 0 Å². The van der Waals surface area contributed by atoms with Crippen LogP contribution < -0.4 is 10.2 Å². The summed E-state index contributed by atoms with van der Waals surface area (Å²) < 4.78 is 0. The van der Waals surface area contributed by atoms with Crippen molar-refractivity contribution in [1.29, 1.82) is 0 Å². The third kappa shape index (κ3) is 2.58. The van der Waals surface area contributed by atoms with Crippen LogP contribution in [-0.4, -0.2) is 16.9 Å². The lowest BCUT2D eigenvalue weighted by atomic mass is 9.85. The van der Waals surface area contributed by atoms with E-state index < -0.39 is 0 Å². The number of nitrogens with one attached hydrogen (secondary N) is 1. The quantitative estimate of drug-likeness (QED) is 0.935. The first-order valence-corrected chi connectivity index (χ1v) is 8.36. The van der Waals surface area contributed by atoms with Crippen LogP contribution in [0.2, 0.25) is 0 Å². The molecule has 4 heteroatoms. The standard InChI is InChI=1S/C19H21N3O/c1-13-11-15-5-2-3-8-17(15)22(13)18-10-9-16(12-20-18)21-19(23)14-6-4-7-14/h2-3,5,8-10,12-14H,4,6-7,11H2,1H3,(H,21,23). The Morgan fingerprint density at radius 3 is 2.74 bits per heavy atom. The molecule has 2 aliphatic rings. The van der Waals surface area contributed by atoms with Gasteiger partial charge in [-0.15, -0.1) is 0 Å². The number of para-hydroxylation sites is 1. The first kappa shape index (κ1) is 14.2. The maximum Gasteiger partial charge on any atom is 0.227 e. The average Bonchev–Trinajstić information content (AvgIpc) is 2.82. The molecule has 0 saturated heterocycles. The number of carbonyl (C=O) groups is 1. The fraction of sp³-hybridized carbons (Fsp3) is 0.368. The molecule has 1 aromatic carbocycles. The SMILES string of the molecule is CC1Cc2ccccc2N1c1ccc(NC(=O)C2CCC2)cn1. The minimum atomic E-state index is 0.130. The smallest absolute Gasteiger partial charge is 0.227 e. The molecule has 4 rings (SSSR count). The number of hydrogen-bond acceptors (Lipinski definition) is 3. The molecule has 1 aliphatic carbocycles. The van der Waals surface area contributed by atoms with Gasteiger partial charge < -0.3 is 10.2 Å². The molecule has 118 valence electrons. The van der Waals surface area contributed by atoms with Crippen LogP contribution in [0.1, 0.15) is 31.7 Å². The fourth-order valence-corrected chi connectivity index (χ4v) is 3.43. The van der Waals surface area contributed by atoms with Crippen LogP contribution in [-0.2, 0) is 11.2 Å². The van der Waals surface area contributed by atoms with Crippen molar-refractivity contribution in [3.05, 3.63) is 48.2 Å². The Labute approximate surface area is 136 Å². The van der Waals surface area contributed by atoms with Gasteiger partial charge in [-0.2, -0.15) is 0 Å². The van der Waals surface area contributed by atoms with Crippen molar-refractivity contribution in [2.75, 3.05) is 10.2 Å². The number of fused-ring (bicyclic) bond motifs is 1. The highest BCUT2D eigenvalue weighted by Crippen LogP contribution is 2.37. The van der Waals surface area contributed by atoms with Gasteiger partial charge in [-0.25, -0.2) is 4.98 Å². The van der Waals surface area contributed by atoms with E-state index >= 15 is 0 Å². The number of benzene rings is 1. The second kappa shape index (κ2) is 5.69. The molecule has 1 aromatic heterocycles. The zero-order valence-electron chi connectivity index (χ0n) is 13.3. The van der Waals surface area contributed by atoms with Gasteiger partial charge in [0.15, 0.2) is 0 Å². The Bertz CT molecular complexity index is 722. The number of aromatic nitrogens is 1. The molecule has 0 bridgehead atoms. The molecule has 1 N–H and O–H groups in total. The third-order valence-electron chi connectivity index (χ3n) is 4.95. The summed E-state index contributed by atoms with van der Waals surface area (Å²) in [5, 5.41) is 2.97. The van der Waals surface area contributed by atoms with Crippen LogP contribution in [0.15, 0.2) is 42.6 Å². The van der Waals surface area contributed by atoms with Gasteiger partial charge in [0.2, 0.25) is 5.91 Å². The lowest BCUT2D eigenvalue weighted by molar-refractivity contribution is -0.122. The van der Waals surface area contributed by atoms with E-state index in [1.807, 2.05) is 12.1 Å². The molecule has 2 heterocycles. The molecule has 1 atom stereocenters. The zero-order valence-corrected chi connectivity index (χ0v) is 13.3. The van der Waals surface area contributed by atoms with E-state index in [-0.39, 0.29) is 11.8 Å². The van der Waals surface area contributed by atoms with E-state index in [1.165, 1.54) is 17.7 Å². The molecular formula is C19H21N3O. The van der Waals surface area contributed by atoms with Gasteiger partial charge in [-0.05, 0) is 49.9 Å². The third-order valence-corrected chi connectivity index (χ3v) is 4.95. The Morgan fingerprint density at radius 1 is 1.22 bits per heavy atom. The maximum atomic E-state index is 12.0. The van der Waals surface area contributed by atoms with Crippen LogP contribution in [0.25, 0.3) is 0 Å². The Balaban J connectivity index is 1.53. The summed E-state index contributed by atoms with van der Waals surface area (Å²) in [7, 11) is 0. The van der Waals surface area contributed by atoms with E-state index in [0.29, 0.717) is 6.04 Å². The molecular weight excluding hydrogens is 286 g/mol. The highest BCUT2D eigenvalue weighted by Gasteiger charge is 2.28. The van der Waals surface area contributed by atoms with Crippen molar-refractivity contribution in [3.63, 3.8) is 0 Å². The average molecular weight is 307 g/mol. The second-order valence-corrected chi connectivity index (χ2v) is 6.57. The number of amides is 1. The Morgan fingerprint density at radius 2 is 2.04 bits per heavy atom. The number of nitrogens with zero attached hydrogens (tertiary/aromatic N) is 2. The Kier molecular flexibility index (Phi) is 3.52. The van der Waals surface area contributed by atoms with Crippen LogP contribution in [0.3, 0.4) is 0 Å². The molecule has 1 saturated carbocycles. The van der Waals surface area contributed by atoms with Crippen LogP contribution in [0.5, 0.6) is 0 Å². The molecule has 0 radical (unpaired) electrons. The molecule has 1 unspecified atom stereocenters. The number of pyridine rings is 1. The van der Waals surface area contributed by atoms with Gasteiger partial charge in [-0.3, -0.25) is 4.79 Å². The number of hydrogen-bond donors (Lipinski definition) is 1. The minimum Gasteiger partial charge on any atom is -0.324 e. The normalized spacial score (nSPS) is 20.0. The lowest BCUT2D eigenvalue weighted by Gasteiger charge is -2.25. The summed E-state index contributed by atoms with van der Waals surface area (Å²) >= 11 is 0. The highest BCUT2D eigenvalue weighted by atomic mass is 16.1. The number of rotatable bonds is 3. The van der Waals surface area contributed by atoms with Gasteiger partial charge in [0.1, 0.15) is 5.82 Å². The number of anilines is 3. The summed E-state index contributed by atoms with van der Waals surface area (Å²) in [6.07, 6.45) is 6.00. The topological polar surface area (TPSA) is 45.2 Å². The summed E-state index contributed by atoms with van der Waals surface area (Å²) in [5.74, 6) is 1.26. The van der Waals surface area contributed by atoms with Crippen molar-refractivity contribution in [3.8, 4) is 0 Å². The molecule has 0 spiro atoms. The van der Waals surface area contributed by atoms with E-state index in [0.717, 1.165) is 30.8 Å². The van der Waals surface area contributed by atoms with Crippen molar-refractivity contribution in [2.24, 2.45) is 5.92 Å². The molecule has 1 amide bonds. The summed E-state index contributed by atoms with van der Waals surface area (Å²) in [5.41, 5.74) is 3.38. The molecule has 1 fully saturated rings. The van der Waals surface area contributed by atoms with Gasteiger partial charge in [0.05, 0.1) is 11.9 Å². The van der Waals surface area contributed by atoms with Crippen molar-refractivity contribution in [2.45, 2.75) is 38.6 Å². The van der Waals surface area contributed by atoms with E-state index in [4.69, 9.17) is 0 Å². The van der Waals surface area contributed by atoms with Gasteiger partial charge in [-0.1, -0.05) is 24.6 Å². The van der Waals surface area contributed by atoms with Crippen molar-refractivity contribution < 1.29 is 4.79 Å². The number of carbonyl (C=O) groups excluding carboxylic acids is 1. The van der Waals surface area contributed by atoms with E-state index in [9.17, 15) is 4.79 Å².